The summed E-state index contributed by atoms with van der Waals surface area (Å²) in [6.45, 7) is 6.01. The van der Waals surface area contributed by atoms with Crippen molar-refractivity contribution in [2.45, 2.75) is 13.3 Å². The zero-order chi connectivity index (χ0) is 16.4. The summed E-state index contributed by atoms with van der Waals surface area (Å²) in [4.78, 5) is 12.6. The van der Waals surface area contributed by atoms with Gasteiger partial charge in [0.2, 0.25) is 0 Å². The van der Waals surface area contributed by atoms with Gasteiger partial charge in [-0.2, -0.15) is 0 Å². The molecule has 0 saturated heterocycles. The summed E-state index contributed by atoms with van der Waals surface area (Å²) < 4.78 is 1.49. The first-order chi connectivity index (χ1) is 11.1. The maximum absolute atomic E-state index is 12.6. The van der Waals surface area contributed by atoms with Crippen molar-refractivity contribution in [3.05, 3.63) is 80.6 Å². The number of nitrogens with one attached hydrogen (secondary N) is 1. The largest absolute Gasteiger partial charge is 0.508 e. The van der Waals surface area contributed by atoms with Crippen LogP contribution in [0.25, 0.3) is 18.3 Å². The Morgan fingerprint density at radius 3 is 2.39 bits per heavy atom. The average Bonchev–Trinajstić information content (AvgIpc) is 2.85. The van der Waals surface area contributed by atoms with E-state index in [0.29, 0.717) is 10.6 Å². The fourth-order valence-corrected chi connectivity index (χ4v) is 2.44. The number of aromatic hydroxyl groups is 1. The van der Waals surface area contributed by atoms with Crippen molar-refractivity contribution in [1.82, 2.24) is 9.78 Å². The van der Waals surface area contributed by atoms with Gasteiger partial charge in [0.15, 0.2) is 0 Å². The summed E-state index contributed by atoms with van der Waals surface area (Å²) in [7, 11) is 0. The summed E-state index contributed by atoms with van der Waals surface area (Å²) in [5.74, 6) is 0.194. The predicted molar refractivity (Wildman–Crippen MR) is 92.2 cm³/mol. The molecule has 2 N–H and O–H groups in total. The first-order valence-electron chi connectivity index (χ1n) is 7.48. The van der Waals surface area contributed by atoms with Gasteiger partial charge in [0.1, 0.15) is 5.75 Å². The summed E-state index contributed by atoms with van der Waals surface area (Å²) in [6.07, 6.45) is 2.72. The lowest BCUT2D eigenvalue weighted by molar-refractivity contribution is 0.475. The number of aryl methyl sites for hydroxylation is 1. The van der Waals surface area contributed by atoms with Crippen LogP contribution in [0.2, 0.25) is 0 Å². The molecule has 0 radical (unpaired) electrons. The molecule has 0 unspecified atom stereocenters. The molecule has 0 atom stereocenters. The summed E-state index contributed by atoms with van der Waals surface area (Å²) >= 11 is 0. The van der Waals surface area contributed by atoms with Crippen molar-refractivity contribution in [3.8, 4) is 11.4 Å². The number of benzene rings is 2. The van der Waals surface area contributed by atoms with Crippen molar-refractivity contribution in [2.75, 3.05) is 0 Å². The molecule has 0 fully saturated rings. The summed E-state index contributed by atoms with van der Waals surface area (Å²) in [6, 6.07) is 14.5. The van der Waals surface area contributed by atoms with Gasteiger partial charge in [-0.05, 0) is 47.9 Å². The van der Waals surface area contributed by atoms with E-state index in [1.807, 2.05) is 24.3 Å². The molecule has 0 amide bonds. The number of nitrogens with zero attached hydrogens (tertiary/aromatic N) is 1. The molecule has 1 aromatic heterocycles. The topological polar surface area (TPSA) is 58.0 Å². The number of hydrogen-bond acceptors (Lipinski definition) is 2. The fraction of sp³-hybridized carbons (Fsp3) is 0.105. The highest BCUT2D eigenvalue weighted by Gasteiger charge is 2.04. The van der Waals surface area contributed by atoms with E-state index in [1.54, 1.807) is 30.3 Å². The highest BCUT2D eigenvalue weighted by Crippen LogP contribution is 2.09. The fourth-order valence-electron chi connectivity index (χ4n) is 2.44. The quantitative estimate of drug-likeness (QED) is 0.773. The second kappa shape index (κ2) is 6.01. The van der Waals surface area contributed by atoms with Gasteiger partial charge in [0, 0.05) is 0 Å². The third-order valence-corrected chi connectivity index (χ3v) is 3.81. The number of rotatable bonds is 3. The van der Waals surface area contributed by atoms with Crippen LogP contribution in [0.1, 0.15) is 18.1 Å². The molecule has 0 aliphatic carbocycles. The van der Waals surface area contributed by atoms with E-state index in [4.69, 9.17) is 0 Å². The SMILES string of the molecule is C=c1[nH]n(-c2ccc(CC)cc2)c(=O)/c1=C/c1ccc(O)cc1. The van der Waals surface area contributed by atoms with E-state index < -0.39 is 0 Å². The van der Waals surface area contributed by atoms with E-state index in [-0.39, 0.29) is 11.3 Å². The molecule has 4 heteroatoms. The van der Waals surface area contributed by atoms with Crippen molar-refractivity contribution in [2.24, 2.45) is 0 Å². The monoisotopic (exact) mass is 306 g/mol. The lowest BCUT2D eigenvalue weighted by Gasteiger charge is -2.02. The van der Waals surface area contributed by atoms with Crippen LogP contribution >= 0.6 is 0 Å². The molecule has 0 aliphatic heterocycles. The summed E-state index contributed by atoms with van der Waals surface area (Å²) in [5, 5.41) is 13.4. The second-order valence-corrected chi connectivity index (χ2v) is 5.40. The Labute approximate surface area is 133 Å². The molecule has 3 aromatic rings. The zero-order valence-corrected chi connectivity index (χ0v) is 12.9. The highest BCUT2D eigenvalue weighted by atomic mass is 16.3. The van der Waals surface area contributed by atoms with Gasteiger partial charge in [-0.1, -0.05) is 37.8 Å². The van der Waals surface area contributed by atoms with E-state index in [0.717, 1.165) is 17.7 Å². The number of aromatic nitrogens is 2. The van der Waals surface area contributed by atoms with Crippen LogP contribution in [0.4, 0.5) is 0 Å². The normalized spacial score (nSPS) is 11.8. The van der Waals surface area contributed by atoms with Crippen molar-refractivity contribution in [1.29, 1.82) is 0 Å². The molecule has 0 bridgehead atoms. The van der Waals surface area contributed by atoms with E-state index >= 15 is 0 Å². The smallest absolute Gasteiger partial charge is 0.279 e. The Hall–Kier alpha value is -3.01. The minimum atomic E-state index is -0.146. The maximum atomic E-state index is 12.6. The molecule has 2 aromatic carbocycles. The van der Waals surface area contributed by atoms with Crippen LogP contribution in [-0.2, 0) is 6.42 Å². The maximum Gasteiger partial charge on any atom is 0.279 e. The number of phenols is 1. The molecule has 116 valence electrons. The Bertz CT molecular complexity index is 978. The number of phenolic OH excluding ortho intramolecular Hbond substituents is 1. The minimum absolute atomic E-state index is 0.146. The van der Waals surface area contributed by atoms with Crippen LogP contribution in [0.3, 0.4) is 0 Å². The van der Waals surface area contributed by atoms with Crippen LogP contribution in [-0.4, -0.2) is 14.9 Å². The number of hydrogen-bond donors (Lipinski definition) is 2. The average molecular weight is 306 g/mol. The van der Waals surface area contributed by atoms with Crippen molar-refractivity contribution in [3.63, 3.8) is 0 Å². The summed E-state index contributed by atoms with van der Waals surface area (Å²) in [5.41, 5.74) is 2.69. The third-order valence-electron chi connectivity index (χ3n) is 3.81. The number of aromatic amines is 1. The van der Waals surface area contributed by atoms with Crippen LogP contribution in [0, 0.1) is 0 Å². The highest BCUT2D eigenvalue weighted by molar-refractivity contribution is 5.50. The van der Waals surface area contributed by atoms with Crippen LogP contribution < -0.4 is 16.1 Å². The molecular formula is C19H18N2O2. The molecule has 3 rings (SSSR count). The predicted octanol–water partition coefficient (Wildman–Crippen LogP) is 1.67. The minimum Gasteiger partial charge on any atom is -0.508 e. The van der Waals surface area contributed by atoms with Gasteiger partial charge in [0.25, 0.3) is 5.56 Å². The molecule has 0 spiro atoms. The second-order valence-electron chi connectivity index (χ2n) is 5.40. The van der Waals surface area contributed by atoms with Crippen molar-refractivity contribution < 1.29 is 5.11 Å². The van der Waals surface area contributed by atoms with Crippen molar-refractivity contribution >= 4 is 12.7 Å². The molecule has 0 saturated carbocycles. The van der Waals surface area contributed by atoms with Gasteiger partial charge in [0.05, 0.1) is 16.3 Å². The molecular weight excluding hydrogens is 288 g/mol. The van der Waals surface area contributed by atoms with E-state index in [1.165, 1.54) is 10.2 Å². The van der Waals surface area contributed by atoms with Crippen LogP contribution in [0.15, 0.2) is 53.3 Å². The lowest BCUT2D eigenvalue weighted by atomic mass is 10.1. The molecule has 0 aliphatic rings. The molecule has 4 nitrogen and oxygen atoms in total. The van der Waals surface area contributed by atoms with Gasteiger partial charge in [-0.3, -0.25) is 9.89 Å². The van der Waals surface area contributed by atoms with Gasteiger partial charge in [-0.15, -0.1) is 0 Å². The Balaban J connectivity index is 2.10. The standard InChI is InChI=1S/C19H18N2O2/c1-3-14-4-8-16(9-5-14)21-19(23)18(13(2)20-21)12-15-6-10-17(22)11-7-15/h4-12,20,22H,2-3H2,1H3/b18-12+. The van der Waals surface area contributed by atoms with Crippen LogP contribution in [0.5, 0.6) is 5.75 Å². The van der Waals surface area contributed by atoms with Gasteiger partial charge >= 0.3 is 0 Å². The third kappa shape index (κ3) is 2.97. The lowest BCUT2D eigenvalue weighted by Crippen LogP contribution is -2.33. The molecule has 23 heavy (non-hydrogen) atoms. The Morgan fingerprint density at radius 2 is 1.78 bits per heavy atom. The first-order valence-corrected chi connectivity index (χ1v) is 7.48. The van der Waals surface area contributed by atoms with E-state index in [9.17, 15) is 9.90 Å². The van der Waals surface area contributed by atoms with E-state index in [2.05, 4.69) is 18.6 Å². The first kappa shape index (κ1) is 14.9. The Morgan fingerprint density at radius 1 is 1.13 bits per heavy atom. The number of H-pyrrole nitrogens is 1. The Kier molecular flexibility index (Phi) is 3.89. The van der Waals surface area contributed by atoms with Gasteiger partial charge in [-0.25, -0.2) is 4.68 Å². The zero-order valence-electron chi connectivity index (χ0n) is 12.9. The van der Waals surface area contributed by atoms with Gasteiger partial charge < -0.3 is 5.11 Å². The molecule has 1 heterocycles.